The molecule has 0 aromatic heterocycles. The number of hydrogen-bond acceptors (Lipinski definition) is 3. The van der Waals surface area contributed by atoms with Gasteiger partial charge in [0.15, 0.2) is 0 Å². The molecule has 0 saturated heterocycles. The molecule has 0 fully saturated rings. The lowest BCUT2D eigenvalue weighted by atomic mass is 10.1. The molecule has 2 rings (SSSR count). The van der Waals surface area contributed by atoms with Crippen LogP contribution in [0, 0.1) is 0 Å². The number of carbonyl (C=O) groups is 1. The minimum Gasteiger partial charge on any atom is -0.372 e. The number of benzene rings is 2. The van der Waals surface area contributed by atoms with Crippen molar-refractivity contribution < 1.29 is 4.79 Å². The Balaban J connectivity index is 1.87. The largest absolute Gasteiger partial charge is 0.372 e. The van der Waals surface area contributed by atoms with E-state index in [4.69, 9.17) is 0 Å². The molecule has 2 aromatic carbocycles. The molecule has 2 aromatic rings. The van der Waals surface area contributed by atoms with E-state index in [-0.39, 0.29) is 5.91 Å². The van der Waals surface area contributed by atoms with Crippen molar-refractivity contribution in [3.63, 3.8) is 0 Å². The Morgan fingerprint density at radius 3 is 2.24 bits per heavy atom. The molecular weight excluding hydrogens is 310 g/mol. The highest BCUT2D eigenvalue weighted by Crippen LogP contribution is 2.15. The summed E-state index contributed by atoms with van der Waals surface area (Å²) in [7, 11) is 0. The van der Waals surface area contributed by atoms with Crippen LogP contribution >= 0.6 is 0 Å². The van der Waals surface area contributed by atoms with Crippen molar-refractivity contribution in [3.8, 4) is 0 Å². The van der Waals surface area contributed by atoms with Crippen LogP contribution in [0.25, 0.3) is 0 Å². The molecule has 0 aliphatic carbocycles. The predicted octanol–water partition coefficient (Wildman–Crippen LogP) is 4.01. The van der Waals surface area contributed by atoms with Crippen LogP contribution in [0.4, 0.5) is 5.69 Å². The molecule has 0 saturated carbocycles. The molecule has 0 bridgehead atoms. The molecule has 1 amide bonds. The first-order valence-electron chi connectivity index (χ1n) is 8.93. The van der Waals surface area contributed by atoms with Crippen LogP contribution in [0.2, 0.25) is 0 Å². The minimum atomic E-state index is -0.115. The molecule has 1 N–H and O–H groups in total. The molecule has 25 heavy (non-hydrogen) atoms. The maximum absolute atomic E-state index is 11.9. The highest BCUT2D eigenvalue weighted by molar-refractivity contribution is 5.83. The van der Waals surface area contributed by atoms with Gasteiger partial charge in [-0.2, -0.15) is 5.10 Å². The lowest BCUT2D eigenvalue weighted by molar-refractivity contribution is -0.120. The summed E-state index contributed by atoms with van der Waals surface area (Å²) in [6, 6.07) is 17.9. The average molecular weight is 337 g/mol. The molecule has 0 aliphatic heterocycles. The second kappa shape index (κ2) is 10.3. The summed E-state index contributed by atoms with van der Waals surface area (Å²) in [6.45, 7) is 6.53. The predicted molar refractivity (Wildman–Crippen MR) is 105 cm³/mol. The standard InChI is InChI=1S/C21H27N3O/c1-3-14-24(15-4-2)20-12-10-19(11-13-20)17-22-23-21(25)16-18-8-6-5-7-9-18/h5-13,17H,3-4,14-16H2,1-2H3,(H,23,25)/b22-17-. The van der Waals surface area contributed by atoms with Gasteiger partial charge < -0.3 is 4.90 Å². The molecule has 4 nitrogen and oxygen atoms in total. The fourth-order valence-electron chi connectivity index (χ4n) is 2.68. The van der Waals surface area contributed by atoms with Crippen LogP contribution in [0.1, 0.15) is 37.8 Å². The Bertz CT molecular complexity index is 659. The molecule has 0 aliphatic rings. The summed E-state index contributed by atoms with van der Waals surface area (Å²) < 4.78 is 0. The number of carbonyl (C=O) groups excluding carboxylic acids is 1. The number of hydrogen-bond donors (Lipinski definition) is 1. The van der Waals surface area contributed by atoms with E-state index >= 15 is 0 Å². The Kier molecular flexibility index (Phi) is 7.70. The SMILES string of the molecule is CCCN(CCC)c1ccc(/C=N\NC(=O)Cc2ccccc2)cc1. The van der Waals surface area contributed by atoms with Gasteiger partial charge in [-0.25, -0.2) is 5.43 Å². The van der Waals surface area contributed by atoms with Gasteiger partial charge in [-0.05, 0) is 36.1 Å². The van der Waals surface area contributed by atoms with E-state index in [2.05, 4.69) is 41.4 Å². The zero-order chi connectivity index (χ0) is 17.9. The molecule has 0 radical (unpaired) electrons. The number of hydrazone groups is 1. The summed E-state index contributed by atoms with van der Waals surface area (Å²) in [6.07, 6.45) is 4.28. The summed E-state index contributed by atoms with van der Waals surface area (Å²) in [5.41, 5.74) is 5.76. The molecule has 0 spiro atoms. The van der Waals surface area contributed by atoms with Crippen molar-refractivity contribution in [1.29, 1.82) is 0 Å². The minimum absolute atomic E-state index is 0.115. The Morgan fingerprint density at radius 2 is 1.64 bits per heavy atom. The maximum Gasteiger partial charge on any atom is 0.244 e. The van der Waals surface area contributed by atoms with Crippen molar-refractivity contribution in [2.75, 3.05) is 18.0 Å². The summed E-state index contributed by atoms with van der Waals surface area (Å²) in [5.74, 6) is -0.115. The van der Waals surface area contributed by atoms with E-state index in [1.165, 1.54) is 5.69 Å². The first kappa shape index (κ1) is 18.7. The van der Waals surface area contributed by atoms with Gasteiger partial charge in [-0.1, -0.05) is 56.3 Å². The van der Waals surface area contributed by atoms with E-state index in [1.54, 1.807) is 6.21 Å². The van der Waals surface area contributed by atoms with E-state index in [0.717, 1.165) is 37.1 Å². The van der Waals surface area contributed by atoms with Crippen LogP contribution in [-0.2, 0) is 11.2 Å². The van der Waals surface area contributed by atoms with Gasteiger partial charge in [0, 0.05) is 18.8 Å². The second-order valence-electron chi connectivity index (χ2n) is 6.03. The number of nitrogens with zero attached hydrogens (tertiary/aromatic N) is 2. The quantitative estimate of drug-likeness (QED) is 0.555. The Labute approximate surface area is 150 Å². The zero-order valence-electron chi connectivity index (χ0n) is 15.1. The third-order valence-corrected chi connectivity index (χ3v) is 3.86. The first-order chi connectivity index (χ1) is 12.2. The molecule has 0 unspecified atom stereocenters. The maximum atomic E-state index is 11.9. The average Bonchev–Trinajstić information content (AvgIpc) is 2.63. The smallest absolute Gasteiger partial charge is 0.244 e. The number of rotatable bonds is 9. The summed E-state index contributed by atoms with van der Waals surface area (Å²) in [4.78, 5) is 14.2. The van der Waals surface area contributed by atoms with Gasteiger partial charge in [-0.15, -0.1) is 0 Å². The molecule has 0 heterocycles. The fourth-order valence-corrected chi connectivity index (χ4v) is 2.68. The lowest BCUT2D eigenvalue weighted by Crippen LogP contribution is -2.24. The normalized spacial score (nSPS) is 10.8. The summed E-state index contributed by atoms with van der Waals surface area (Å²) in [5, 5.41) is 4.05. The first-order valence-corrected chi connectivity index (χ1v) is 8.93. The third-order valence-electron chi connectivity index (χ3n) is 3.86. The monoisotopic (exact) mass is 337 g/mol. The zero-order valence-corrected chi connectivity index (χ0v) is 15.1. The van der Waals surface area contributed by atoms with Crippen molar-refractivity contribution in [2.24, 2.45) is 5.10 Å². The van der Waals surface area contributed by atoms with Gasteiger partial charge in [0.1, 0.15) is 0 Å². The van der Waals surface area contributed by atoms with Gasteiger partial charge in [0.05, 0.1) is 12.6 Å². The molecular formula is C21H27N3O. The van der Waals surface area contributed by atoms with Crippen molar-refractivity contribution in [3.05, 3.63) is 65.7 Å². The van der Waals surface area contributed by atoms with Gasteiger partial charge in [0.25, 0.3) is 0 Å². The van der Waals surface area contributed by atoms with E-state index in [1.807, 2.05) is 42.5 Å². The Hall–Kier alpha value is -2.62. The van der Waals surface area contributed by atoms with Gasteiger partial charge in [0.2, 0.25) is 5.91 Å². The molecule has 0 atom stereocenters. The highest BCUT2D eigenvalue weighted by Gasteiger charge is 2.04. The molecule has 4 heteroatoms. The fraction of sp³-hybridized carbons (Fsp3) is 0.333. The second-order valence-corrected chi connectivity index (χ2v) is 6.03. The van der Waals surface area contributed by atoms with Crippen molar-refractivity contribution >= 4 is 17.8 Å². The number of anilines is 1. The van der Waals surface area contributed by atoms with Crippen LogP contribution in [0.3, 0.4) is 0 Å². The van der Waals surface area contributed by atoms with E-state index in [0.29, 0.717) is 6.42 Å². The Morgan fingerprint density at radius 1 is 1.00 bits per heavy atom. The lowest BCUT2D eigenvalue weighted by Gasteiger charge is -2.23. The van der Waals surface area contributed by atoms with Crippen LogP contribution in [0.5, 0.6) is 0 Å². The van der Waals surface area contributed by atoms with Gasteiger partial charge >= 0.3 is 0 Å². The number of amides is 1. The third kappa shape index (κ3) is 6.42. The summed E-state index contributed by atoms with van der Waals surface area (Å²) >= 11 is 0. The highest BCUT2D eigenvalue weighted by atomic mass is 16.2. The van der Waals surface area contributed by atoms with E-state index < -0.39 is 0 Å². The van der Waals surface area contributed by atoms with E-state index in [9.17, 15) is 4.79 Å². The molecule has 132 valence electrons. The van der Waals surface area contributed by atoms with Crippen LogP contribution < -0.4 is 10.3 Å². The van der Waals surface area contributed by atoms with Crippen LogP contribution in [0.15, 0.2) is 59.7 Å². The van der Waals surface area contributed by atoms with Crippen molar-refractivity contribution in [1.82, 2.24) is 5.43 Å². The van der Waals surface area contributed by atoms with Gasteiger partial charge in [-0.3, -0.25) is 4.79 Å². The van der Waals surface area contributed by atoms with Crippen molar-refractivity contribution in [2.45, 2.75) is 33.1 Å². The number of nitrogens with one attached hydrogen (secondary N) is 1. The van der Waals surface area contributed by atoms with Crippen LogP contribution in [-0.4, -0.2) is 25.2 Å². The topological polar surface area (TPSA) is 44.7 Å².